The van der Waals surface area contributed by atoms with Crippen LogP contribution in [0.5, 0.6) is 5.75 Å². The Morgan fingerprint density at radius 2 is 2.25 bits per heavy atom. The number of benzene rings is 1. The number of carboxylic acids is 1. The molecule has 0 saturated carbocycles. The molecule has 84 valence electrons. The zero-order valence-electron chi connectivity index (χ0n) is 9.28. The van der Waals surface area contributed by atoms with E-state index in [1.165, 1.54) is 7.11 Å². The Morgan fingerprint density at radius 1 is 1.56 bits per heavy atom. The van der Waals surface area contributed by atoms with Gasteiger partial charge in [-0.1, -0.05) is 6.07 Å². The van der Waals surface area contributed by atoms with Crippen LogP contribution in [0.1, 0.15) is 27.9 Å². The number of rotatable bonds is 4. The Morgan fingerprint density at radius 3 is 2.75 bits per heavy atom. The Bertz CT molecular complexity index is 446. The fraction of sp³-hybridized carbons (Fsp3) is 0.333. The quantitative estimate of drug-likeness (QED) is 0.842. The average molecular weight is 219 g/mol. The van der Waals surface area contributed by atoms with Crippen molar-refractivity contribution in [1.29, 1.82) is 5.26 Å². The van der Waals surface area contributed by atoms with Gasteiger partial charge in [0.05, 0.1) is 18.7 Å². The van der Waals surface area contributed by atoms with Gasteiger partial charge < -0.3 is 9.84 Å². The topological polar surface area (TPSA) is 70.3 Å². The second kappa shape index (κ2) is 5.17. The Labute approximate surface area is 94.1 Å². The fourth-order valence-electron chi connectivity index (χ4n) is 1.66. The van der Waals surface area contributed by atoms with Crippen LogP contribution in [0.25, 0.3) is 0 Å². The number of carbonyl (C=O) groups is 1. The van der Waals surface area contributed by atoms with Crippen LogP contribution in [0.4, 0.5) is 0 Å². The molecule has 0 aliphatic heterocycles. The highest BCUT2D eigenvalue weighted by Crippen LogP contribution is 2.26. The minimum Gasteiger partial charge on any atom is -0.496 e. The maximum absolute atomic E-state index is 11.1. The molecule has 0 aromatic heterocycles. The van der Waals surface area contributed by atoms with Gasteiger partial charge in [0, 0.05) is 12.0 Å². The van der Waals surface area contributed by atoms with Crippen LogP contribution in [0.2, 0.25) is 0 Å². The van der Waals surface area contributed by atoms with Crippen molar-refractivity contribution in [3.63, 3.8) is 0 Å². The molecule has 4 heteroatoms. The van der Waals surface area contributed by atoms with Crippen LogP contribution >= 0.6 is 0 Å². The Balaban J connectivity index is 3.31. The van der Waals surface area contributed by atoms with Crippen molar-refractivity contribution in [2.45, 2.75) is 19.8 Å². The maximum Gasteiger partial charge on any atom is 0.336 e. The van der Waals surface area contributed by atoms with E-state index in [2.05, 4.69) is 0 Å². The van der Waals surface area contributed by atoms with E-state index in [1.807, 2.05) is 6.07 Å². The minimum absolute atomic E-state index is 0.245. The Kier molecular flexibility index (Phi) is 3.90. The molecular formula is C12H13NO3. The summed E-state index contributed by atoms with van der Waals surface area (Å²) in [6, 6.07) is 5.44. The number of ether oxygens (including phenoxy) is 1. The van der Waals surface area contributed by atoms with Gasteiger partial charge in [0.15, 0.2) is 0 Å². The van der Waals surface area contributed by atoms with Gasteiger partial charge in [-0.15, -0.1) is 0 Å². The van der Waals surface area contributed by atoms with Gasteiger partial charge in [0.2, 0.25) is 0 Å². The fourth-order valence-corrected chi connectivity index (χ4v) is 1.66. The second-order valence-corrected chi connectivity index (χ2v) is 3.40. The Hall–Kier alpha value is -2.02. The highest BCUT2D eigenvalue weighted by atomic mass is 16.5. The van der Waals surface area contributed by atoms with Crippen LogP contribution < -0.4 is 4.74 Å². The summed E-state index contributed by atoms with van der Waals surface area (Å²) in [7, 11) is 1.49. The van der Waals surface area contributed by atoms with Crippen molar-refractivity contribution in [1.82, 2.24) is 0 Å². The molecule has 1 rings (SSSR count). The lowest BCUT2D eigenvalue weighted by molar-refractivity contribution is 0.0694. The summed E-state index contributed by atoms with van der Waals surface area (Å²) < 4.78 is 5.12. The monoisotopic (exact) mass is 219 g/mol. The molecule has 0 amide bonds. The number of nitrogens with zero attached hydrogens (tertiary/aromatic N) is 1. The highest BCUT2D eigenvalue weighted by Gasteiger charge is 2.17. The van der Waals surface area contributed by atoms with E-state index in [1.54, 1.807) is 19.1 Å². The summed E-state index contributed by atoms with van der Waals surface area (Å²) in [5, 5.41) is 17.7. The lowest BCUT2D eigenvalue weighted by Crippen LogP contribution is -2.07. The third-order valence-corrected chi connectivity index (χ3v) is 2.40. The molecule has 4 nitrogen and oxygen atoms in total. The molecule has 1 aromatic carbocycles. The summed E-state index contributed by atoms with van der Waals surface area (Å²) in [6.45, 7) is 1.73. The third kappa shape index (κ3) is 2.31. The number of hydrogen-bond acceptors (Lipinski definition) is 3. The van der Waals surface area contributed by atoms with E-state index in [-0.39, 0.29) is 12.0 Å². The van der Waals surface area contributed by atoms with Gasteiger partial charge in [0.1, 0.15) is 5.75 Å². The summed E-state index contributed by atoms with van der Waals surface area (Å²) in [4.78, 5) is 11.1. The molecule has 0 atom stereocenters. The van der Waals surface area contributed by atoms with E-state index in [4.69, 9.17) is 15.1 Å². The normalized spacial score (nSPS) is 9.56. The zero-order chi connectivity index (χ0) is 12.1. The van der Waals surface area contributed by atoms with Gasteiger partial charge in [-0.25, -0.2) is 4.79 Å². The molecule has 0 heterocycles. The largest absolute Gasteiger partial charge is 0.496 e. The predicted octanol–water partition coefficient (Wildman–Crippen LogP) is 2.16. The molecule has 0 aliphatic carbocycles. The summed E-state index contributed by atoms with van der Waals surface area (Å²) >= 11 is 0. The smallest absolute Gasteiger partial charge is 0.336 e. The van der Waals surface area contributed by atoms with Crippen LogP contribution in [0.15, 0.2) is 12.1 Å². The first-order valence-corrected chi connectivity index (χ1v) is 4.88. The molecule has 1 aromatic rings. The first kappa shape index (κ1) is 12.1. The van der Waals surface area contributed by atoms with Crippen molar-refractivity contribution in [3.05, 3.63) is 28.8 Å². The molecular weight excluding hydrogens is 206 g/mol. The lowest BCUT2D eigenvalue weighted by atomic mass is 9.97. The van der Waals surface area contributed by atoms with Gasteiger partial charge in [-0.05, 0) is 25.0 Å². The first-order valence-electron chi connectivity index (χ1n) is 4.88. The molecule has 0 unspecified atom stereocenters. The lowest BCUT2D eigenvalue weighted by Gasteiger charge is -2.12. The van der Waals surface area contributed by atoms with Crippen molar-refractivity contribution in [3.8, 4) is 11.8 Å². The maximum atomic E-state index is 11.1. The molecule has 16 heavy (non-hydrogen) atoms. The molecule has 0 spiro atoms. The number of nitriles is 1. The van der Waals surface area contributed by atoms with E-state index in [9.17, 15) is 4.79 Å². The molecule has 0 saturated heterocycles. The van der Waals surface area contributed by atoms with Crippen molar-refractivity contribution < 1.29 is 14.6 Å². The van der Waals surface area contributed by atoms with Crippen molar-refractivity contribution in [2.24, 2.45) is 0 Å². The van der Waals surface area contributed by atoms with Gasteiger partial charge in [-0.3, -0.25) is 0 Å². The van der Waals surface area contributed by atoms with Crippen LogP contribution in [0.3, 0.4) is 0 Å². The zero-order valence-corrected chi connectivity index (χ0v) is 9.28. The third-order valence-electron chi connectivity index (χ3n) is 2.40. The standard InChI is InChI=1S/C12H13NO3/c1-8-5-6-10(16-2)9(4-3-7-13)11(8)12(14)15/h5-6H,3-4H2,1-2H3,(H,14,15). The molecule has 0 fully saturated rings. The highest BCUT2D eigenvalue weighted by molar-refractivity contribution is 5.92. The average Bonchev–Trinajstić information content (AvgIpc) is 2.25. The minimum atomic E-state index is -0.982. The van der Waals surface area contributed by atoms with E-state index < -0.39 is 5.97 Å². The van der Waals surface area contributed by atoms with Crippen LogP contribution in [-0.4, -0.2) is 18.2 Å². The second-order valence-electron chi connectivity index (χ2n) is 3.40. The summed E-state index contributed by atoms with van der Waals surface area (Å²) in [6.07, 6.45) is 0.670. The number of methoxy groups -OCH3 is 1. The number of carboxylic acid groups (broad SMARTS) is 1. The van der Waals surface area contributed by atoms with Gasteiger partial charge in [0.25, 0.3) is 0 Å². The molecule has 0 radical (unpaired) electrons. The van der Waals surface area contributed by atoms with Crippen molar-refractivity contribution in [2.75, 3.05) is 7.11 Å². The first-order chi connectivity index (χ1) is 7.61. The summed E-state index contributed by atoms with van der Waals surface area (Å²) in [5.74, 6) is -0.456. The van der Waals surface area contributed by atoms with Crippen LogP contribution in [0, 0.1) is 18.3 Å². The number of aromatic carboxylic acids is 1. The summed E-state index contributed by atoms with van der Waals surface area (Å²) in [5.41, 5.74) is 1.52. The van der Waals surface area contributed by atoms with Gasteiger partial charge >= 0.3 is 5.97 Å². The molecule has 1 N–H and O–H groups in total. The van der Waals surface area contributed by atoms with Crippen molar-refractivity contribution >= 4 is 5.97 Å². The van der Waals surface area contributed by atoms with E-state index in [0.29, 0.717) is 23.3 Å². The van der Waals surface area contributed by atoms with E-state index >= 15 is 0 Å². The molecule has 0 aliphatic rings. The van der Waals surface area contributed by atoms with Gasteiger partial charge in [-0.2, -0.15) is 5.26 Å². The number of hydrogen-bond donors (Lipinski definition) is 1. The number of aryl methyl sites for hydroxylation is 1. The molecule has 0 bridgehead atoms. The predicted molar refractivity (Wildman–Crippen MR) is 58.6 cm³/mol. The SMILES string of the molecule is COc1ccc(C)c(C(=O)O)c1CCC#N. The van der Waals surface area contributed by atoms with Crippen LogP contribution in [-0.2, 0) is 6.42 Å². The van der Waals surface area contributed by atoms with E-state index in [0.717, 1.165) is 0 Å².